The third-order valence-electron chi connectivity index (χ3n) is 6.99. The molecule has 1 atom stereocenters. The first-order valence-corrected chi connectivity index (χ1v) is 13.4. The second-order valence-corrected chi connectivity index (χ2v) is 10.2. The van der Waals surface area contributed by atoms with E-state index in [2.05, 4.69) is 30.5 Å². The van der Waals surface area contributed by atoms with Crippen LogP contribution in [0.5, 0.6) is 0 Å². The molecule has 0 radical (unpaired) electrons. The number of rotatable bonds is 9. The number of piperidine rings is 1. The van der Waals surface area contributed by atoms with Gasteiger partial charge in [0.05, 0.1) is 17.1 Å². The molecule has 2 aromatic heterocycles. The summed E-state index contributed by atoms with van der Waals surface area (Å²) in [5, 5.41) is 16.7. The minimum absolute atomic E-state index is 0.122. The Kier molecular flexibility index (Phi) is 8.16. The highest BCUT2D eigenvalue weighted by molar-refractivity contribution is 6.05. The summed E-state index contributed by atoms with van der Waals surface area (Å²) in [5.74, 6) is 0.134. The Morgan fingerprint density at radius 1 is 1.00 bits per heavy atom. The molecule has 3 N–H and O–H groups in total. The Balaban J connectivity index is 1.38. The van der Waals surface area contributed by atoms with Gasteiger partial charge in [0.15, 0.2) is 0 Å². The van der Waals surface area contributed by atoms with Gasteiger partial charge in [-0.3, -0.25) is 4.79 Å². The van der Waals surface area contributed by atoms with Crippen LogP contribution in [0.15, 0.2) is 67.1 Å². The van der Waals surface area contributed by atoms with E-state index in [4.69, 9.17) is 0 Å². The number of nitrogens with one attached hydrogen (secondary N) is 2. The van der Waals surface area contributed by atoms with Gasteiger partial charge in [-0.05, 0) is 75.3 Å². The Hall–Kier alpha value is -4.57. The van der Waals surface area contributed by atoms with Gasteiger partial charge >= 0.3 is 5.97 Å². The quantitative estimate of drug-likeness (QED) is 0.278. The van der Waals surface area contributed by atoms with Crippen LogP contribution in [-0.2, 0) is 0 Å². The van der Waals surface area contributed by atoms with Crippen molar-refractivity contribution in [3.63, 3.8) is 0 Å². The van der Waals surface area contributed by atoms with Gasteiger partial charge in [-0.15, -0.1) is 0 Å². The molecule has 1 aliphatic heterocycles. The summed E-state index contributed by atoms with van der Waals surface area (Å²) in [7, 11) is 3.95. The van der Waals surface area contributed by atoms with Crippen molar-refractivity contribution in [1.82, 2.24) is 19.9 Å². The predicted molar refractivity (Wildman–Crippen MR) is 156 cm³/mol. The van der Waals surface area contributed by atoms with Gasteiger partial charge in [0.2, 0.25) is 0 Å². The number of anilines is 3. The lowest BCUT2D eigenvalue weighted by Gasteiger charge is -2.27. The molecular formula is C30H33N7O3. The molecule has 10 nitrogen and oxygen atoms in total. The number of aromatic nitrogens is 3. The van der Waals surface area contributed by atoms with Crippen molar-refractivity contribution in [1.29, 1.82) is 0 Å². The SMILES string of the molecule is CN(C)CC(Nc1ncnc2c(C(=O)O)cccc12)c1cccc(NC(=O)c2ccnc(N3CCCCC3)c2)c1. The molecule has 1 unspecified atom stereocenters. The molecule has 1 amide bonds. The zero-order valence-corrected chi connectivity index (χ0v) is 22.7. The lowest BCUT2D eigenvalue weighted by molar-refractivity contribution is 0.0698. The maximum atomic E-state index is 13.2. The number of para-hydroxylation sites is 1. The molecule has 4 aromatic rings. The van der Waals surface area contributed by atoms with E-state index in [1.807, 2.05) is 49.3 Å². The lowest BCUT2D eigenvalue weighted by atomic mass is 10.0. The Bertz CT molecular complexity index is 1520. The summed E-state index contributed by atoms with van der Waals surface area (Å²) in [5.41, 5.74) is 2.67. The number of likely N-dealkylation sites (N-methyl/N-ethyl adjacent to an activating group) is 1. The second-order valence-electron chi connectivity index (χ2n) is 10.2. The fraction of sp³-hybridized carbons (Fsp3) is 0.300. The van der Waals surface area contributed by atoms with Gasteiger partial charge in [-0.25, -0.2) is 19.7 Å². The number of carboxylic acid groups (broad SMARTS) is 1. The number of carboxylic acids is 1. The second kappa shape index (κ2) is 12.1. The third kappa shape index (κ3) is 6.18. The van der Waals surface area contributed by atoms with Crippen molar-refractivity contribution in [2.24, 2.45) is 0 Å². The van der Waals surface area contributed by atoms with E-state index in [1.165, 1.54) is 18.8 Å². The minimum atomic E-state index is -1.04. The molecule has 1 aliphatic rings. The molecule has 0 spiro atoms. The Morgan fingerprint density at radius 2 is 1.80 bits per heavy atom. The van der Waals surface area contributed by atoms with Gasteiger partial charge in [0.1, 0.15) is 18.0 Å². The zero-order valence-electron chi connectivity index (χ0n) is 22.7. The Labute approximate surface area is 233 Å². The average Bonchev–Trinajstić information content (AvgIpc) is 2.97. The van der Waals surface area contributed by atoms with Crippen molar-refractivity contribution < 1.29 is 14.7 Å². The summed E-state index contributed by atoms with van der Waals surface area (Å²) in [6.45, 7) is 2.55. The van der Waals surface area contributed by atoms with Crippen LogP contribution in [0.4, 0.5) is 17.3 Å². The molecule has 2 aromatic carbocycles. The van der Waals surface area contributed by atoms with E-state index < -0.39 is 5.97 Å². The monoisotopic (exact) mass is 539 g/mol. The minimum Gasteiger partial charge on any atom is -0.478 e. The summed E-state index contributed by atoms with van der Waals surface area (Å²) < 4.78 is 0. The summed E-state index contributed by atoms with van der Waals surface area (Å²) >= 11 is 0. The highest BCUT2D eigenvalue weighted by atomic mass is 16.4. The summed E-state index contributed by atoms with van der Waals surface area (Å²) in [6, 6.07) is 16.1. The third-order valence-corrected chi connectivity index (χ3v) is 6.99. The number of hydrogen-bond donors (Lipinski definition) is 3. The smallest absolute Gasteiger partial charge is 0.337 e. The van der Waals surface area contributed by atoms with E-state index in [1.54, 1.807) is 24.4 Å². The number of amides is 1. The number of carbonyl (C=O) groups excluding carboxylic acids is 1. The lowest BCUT2D eigenvalue weighted by Crippen LogP contribution is -2.30. The fourth-order valence-corrected chi connectivity index (χ4v) is 5.03. The highest BCUT2D eigenvalue weighted by Crippen LogP contribution is 2.28. The van der Waals surface area contributed by atoms with Crippen LogP contribution in [0.25, 0.3) is 10.9 Å². The van der Waals surface area contributed by atoms with Crippen LogP contribution in [0.3, 0.4) is 0 Å². The summed E-state index contributed by atoms with van der Waals surface area (Å²) in [6.07, 6.45) is 6.56. The number of hydrogen-bond acceptors (Lipinski definition) is 8. The number of carbonyl (C=O) groups is 2. The maximum Gasteiger partial charge on any atom is 0.337 e. The summed E-state index contributed by atoms with van der Waals surface area (Å²) in [4.78, 5) is 42.3. The molecule has 0 aliphatic carbocycles. The topological polar surface area (TPSA) is 124 Å². The van der Waals surface area contributed by atoms with E-state index in [0.717, 1.165) is 37.3 Å². The first-order chi connectivity index (χ1) is 19.4. The number of benzene rings is 2. The number of nitrogens with zero attached hydrogens (tertiary/aromatic N) is 5. The normalized spacial score (nSPS) is 14.2. The highest BCUT2D eigenvalue weighted by Gasteiger charge is 2.19. The van der Waals surface area contributed by atoms with E-state index in [0.29, 0.717) is 34.5 Å². The molecule has 1 fully saturated rings. The van der Waals surface area contributed by atoms with E-state index in [9.17, 15) is 14.7 Å². The van der Waals surface area contributed by atoms with Crippen LogP contribution < -0.4 is 15.5 Å². The maximum absolute atomic E-state index is 13.2. The molecule has 206 valence electrons. The van der Waals surface area contributed by atoms with Gasteiger partial charge in [-0.1, -0.05) is 18.2 Å². The number of pyridine rings is 1. The molecular weight excluding hydrogens is 506 g/mol. The number of fused-ring (bicyclic) bond motifs is 1. The number of aromatic carboxylic acids is 1. The molecule has 40 heavy (non-hydrogen) atoms. The van der Waals surface area contributed by atoms with Crippen molar-refractivity contribution >= 4 is 40.1 Å². The van der Waals surface area contributed by atoms with E-state index >= 15 is 0 Å². The molecule has 3 heterocycles. The first-order valence-electron chi connectivity index (χ1n) is 13.4. The van der Waals surface area contributed by atoms with Crippen molar-refractivity contribution in [3.8, 4) is 0 Å². The van der Waals surface area contributed by atoms with Crippen LogP contribution >= 0.6 is 0 Å². The molecule has 0 bridgehead atoms. The van der Waals surface area contributed by atoms with Gasteiger partial charge < -0.3 is 25.5 Å². The van der Waals surface area contributed by atoms with Gasteiger partial charge in [0.25, 0.3) is 5.91 Å². The van der Waals surface area contributed by atoms with Gasteiger partial charge in [0, 0.05) is 42.5 Å². The fourth-order valence-electron chi connectivity index (χ4n) is 5.03. The Morgan fingerprint density at radius 3 is 2.58 bits per heavy atom. The molecule has 0 saturated carbocycles. The predicted octanol–water partition coefficient (Wildman–Crippen LogP) is 4.68. The van der Waals surface area contributed by atoms with Gasteiger partial charge in [-0.2, -0.15) is 0 Å². The van der Waals surface area contributed by atoms with Crippen molar-refractivity contribution in [2.75, 3.05) is 49.3 Å². The average molecular weight is 540 g/mol. The van der Waals surface area contributed by atoms with Crippen molar-refractivity contribution in [3.05, 3.63) is 83.8 Å². The van der Waals surface area contributed by atoms with Crippen molar-refractivity contribution in [2.45, 2.75) is 25.3 Å². The van der Waals surface area contributed by atoms with Crippen LogP contribution in [0, 0.1) is 0 Å². The molecule has 10 heteroatoms. The molecule has 1 saturated heterocycles. The van der Waals surface area contributed by atoms with Crippen LogP contribution in [-0.4, -0.2) is 70.6 Å². The largest absolute Gasteiger partial charge is 0.478 e. The molecule has 5 rings (SSSR count). The van der Waals surface area contributed by atoms with Crippen LogP contribution in [0.2, 0.25) is 0 Å². The standard InChI is InChI=1S/C30H33N7O3/c1-36(2)18-25(35-28-23-10-7-11-24(30(39)40)27(23)32-19-33-28)20-8-6-9-22(16-20)34-29(38)21-12-13-31-26(17-21)37-14-4-3-5-15-37/h6-13,16-17,19,25H,3-5,14-15,18H2,1-2H3,(H,34,38)(H,39,40)(H,32,33,35). The zero-order chi connectivity index (χ0) is 28.1. The van der Waals surface area contributed by atoms with Crippen LogP contribution in [0.1, 0.15) is 51.6 Å². The van der Waals surface area contributed by atoms with E-state index in [-0.39, 0.29) is 17.5 Å². The first kappa shape index (κ1) is 27.0.